The van der Waals surface area contributed by atoms with E-state index in [0.717, 1.165) is 44.9 Å². The van der Waals surface area contributed by atoms with Crippen molar-refractivity contribution in [2.45, 2.75) is 70.8 Å². The van der Waals surface area contributed by atoms with Crippen molar-refractivity contribution in [2.75, 3.05) is 6.61 Å². The van der Waals surface area contributed by atoms with Crippen molar-refractivity contribution in [1.29, 1.82) is 0 Å². The normalized spacial score (nSPS) is 48.6. The van der Waals surface area contributed by atoms with Crippen LogP contribution in [0, 0.1) is 40.4 Å². The summed E-state index contributed by atoms with van der Waals surface area (Å²) in [6.45, 7) is 4.43. The summed E-state index contributed by atoms with van der Waals surface area (Å²) in [7, 11) is 0. The van der Waals surface area contributed by atoms with Crippen LogP contribution in [0.4, 0.5) is 0 Å². The maximum Gasteiger partial charge on any atom is 0.155 e. The standard InChI is InChI=1S/C22H30O3/c1-20-10-6-16(24)14-15(20)4-5-17-18(20)7-11-21(2)19(17)8-12-22(21,25)9-3-13-23/h14,17-19,23,25H,4-8,10-13H2,1-2H3/t17-,18+,19+,20+,21+,22+/m1/s1. The largest absolute Gasteiger partial charge is 0.384 e. The molecule has 6 atom stereocenters. The Kier molecular flexibility index (Phi) is 3.94. The lowest BCUT2D eigenvalue weighted by molar-refractivity contribution is -0.119. The minimum atomic E-state index is -0.953. The van der Waals surface area contributed by atoms with Crippen LogP contribution in [0.15, 0.2) is 11.6 Å². The van der Waals surface area contributed by atoms with Crippen molar-refractivity contribution in [1.82, 2.24) is 0 Å². The fraction of sp³-hybridized carbons (Fsp3) is 0.773. The Labute approximate surface area is 150 Å². The highest BCUT2D eigenvalue weighted by Gasteiger charge is 2.63. The predicted molar refractivity (Wildman–Crippen MR) is 96.5 cm³/mol. The van der Waals surface area contributed by atoms with Gasteiger partial charge in [-0.1, -0.05) is 31.3 Å². The summed E-state index contributed by atoms with van der Waals surface area (Å²) in [6, 6.07) is 0. The van der Waals surface area contributed by atoms with Gasteiger partial charge in [-0.05, 0) is 74.2 Å². The molecule has 3 fully saturated rings. The number of hydrogen-bond acceptors (Lipinski definition) is 3. The average molecular weight is 342 g/mol. The van der Waals surface area contributed by atoms with Gasteiger partial charge in [0.2, 0.25) is 0 Å². The number of fused-ring (bicyclic) bond motifs is 5. The summed E-state index contributed by atoms with van der Waals surface area (Å²) in [6.07, 6.45) is 9.68. The number of aliphatic hydroxyl groups excluding tert-OH is 1. The Hall–Kier alpha value is -1.11. The van der Waals surface area contributed by atoms with Gasteiger partial charge in [0.25, 0.3) is 0 Å². The fourth-order valence-electron chi connectivity index (χ4n) is 6.97. The average Bonchev–Trinajstić information content (AvgIpc) is 2.85. The van der Waals surface area contributed by atoms with Crippen LogP contribution in [0.3, 0.4) is 0 Å². The second-order valence-corrected chi connectivity index (χ2v) is 9.28. The molecule has 136 valence electrons. The lowest BCUT2D eigenvalue weighted by Crippen LogP contribution is -2.54. The van der Waals surface area contributed by atoms with Gasteiger partial charge >= 0.3 is 0 Å². The monoisotopic (exact) mass is 342 g/mol. The molecule has 0 saturated heterocycles. The van der Waals surface area contributed by atoms with Gasteiger partial charge in [0.15, 0.2) is 5.78 Å². The van der Waals surface area contributed by atoms with Crippen LogP contribution in [0.25, 0.3) is 0 Å². The summed E-state index contributed by atoms with van der Waals surface area (Å²) in [5.74, 6) is 7.80. The molecule has 0 aromatic carbocycles. The first-order chi connectivity index (χ1) is 11.8. The third-order valence-electron chi connectivity index (χ3n) is 8.49. The van der Waals surface area contributed by atoms with Crippen LogP contribution < -0.4 is 0 Å². The quantitative estimate of drug-likeness (QED) is 0.665. The smallest absolute Gasteiger partial charge is 0.155 e. The first-order valence-corrected chi connectivity index (χ1v) is 9.91. The van der Waals surface area contributed by atoms with E-state index in [1.54, 1.807) is 0 Å². The molecule has 0 aliphatic heterocycles. The molecular weight excluding hydrogens is 312 g/mol. The number of carbonyl (C=O) groups excluding carboxylic acids is 1. The molecule has 4 aliphatic rings. The summed E-state index contributed by atoms with van der Waals surface area (Å²) in [4.78, 5) is 11.9. The van der Waals surface area contributed by atoms with E-state index >= 15 is 0 Å². The van der Waals surface area contributed by atoms with E-state index in [0.29, 0.717) is 30.0 Å². The Bertz CT molecular complexity index is 683. The molecule has 2 N–H and O–H groups in total. The van der Waals surface area contributed by atoms with Crippen LogP contribution in [0.5, 0.6) is 0 Å². The molecule has 3 nitrogen and oxygen atoms in total. The number of allylic oxidation sites excluding steroid dienone is 1. The Morgan fingerprint density at radius 3 is 2.64 bits per heavy atom. The molecule has 0 aromatic heterocycles. The Balaban J connectivity index is 1.67. The van der Waals surface area contributed by atoms with E-state index in [4.69, 9.17) is 5.11 Å². The van der Waals surface area contributed by atoms with E-state index in [-0.39, 0.29) is 17.4 Å². The SMILES string of the molecule is C[C@]12CCC(=O)C=C1CC[C@@H]1[C@@H]2CC[C@@]2(C)[C@H]1CC[C@@]2(O)C#CCO. The van der Waals surface area contributed by atoms with Gasteiger partial charge in [0, 0.05) is 11.8 Å². The second-order valence-electron chi connectivity index (χ2n) is 9.28. The highest BCUT2D eigenvalue weighted by Crippen LogP contribution is 2.67. The Morgan fingerprint density at radius 2 is 1.88 bits per heavy atom. The summed E-state index contributed by atoms with van der Waals surface area (Å²) in [5, 5.41) is 20.3. The number of aliphatic hydroxyl groups is 2. The van der Waals surface area contributed by atoms with E-state index < -0.39 is 5.60 Å². The van der Waals surface area contributed by atoms with Crippen LogP contribution in [-0.4, -0.2) is 28.2 Å². The number of hydrogen-bond donors (Lipinski definition) is 2. The molecule has 4 rings (SSSR count). The number of ketones is 1. The molecule has 0 heterocycles. The number of rotatable bonds is 0. The summed E-state index contributed by atoms with van der Waals surface area (Å²) in [5.41, 5.74) is 0.445. The zero-order chi connectivity index (χ0) is 17.9. The van der Waals surface area contributed by atoms with Crippen LogP contribution in [0.1, 0.15) is 65.2 Å². The molecule has 0 aromatic rings. The molecule has 3 heteroatoms. The zero-order valence-electron chi connectivity index (χ0n) is 15.5. The van der Waals surface area contributed by atoms with Gasteiger partial charge in [0.05, 0.1) is 0 Å². The molecule has 0 spiro atoms. The second kappa shape index (κ2) is 5.69. The third kappa shape index (κ3) is 2.30. The molecule has 0 radical (unpaired) electrons. The van der Waals surface area contributed by atoms with E-state index in [2.05, 4.69) is 25.7 Å². The molecule has 0 unspecified atom stereocenters. The molecule has 3 saturated carbocycles. The van der Waals surface area contributed by atoms with Gasteiger partial charge in [-0.15, -0.1) is 0 Å². The van der Waals surface area contributed by atoms with Crippen molar-refractivity contribution in [3.8, 4) is 11.8 Å². The van der Waals surface area contributed by atoms with Crippen molar-refractivity contribution < 1.29 is 15.0 Å². The lowest BCUT2D eigenvalue weighted by Gasteiger charge is -2.58. The first kappa shape index (κ1) is 17.3. The zero-order valence-corrected chi connectivity index (χ0v) is 15.5. The lowest BCUT2D eigenvalue weighted by atomic mass is 9.46. The van der Waals surface area contributed by atoms with Gasteiger partial charge in [-0.25, -0.2) is 0 Å². The summed E-state index contributed by atoms with van der Waals surface area (Å²) < 4.78 is 0. The predicted octanol–water partition coefficient (Wildman–Crippen LogP) is 3.25. The highest BCUT2D eigenvalue weighted by atomic mass is 16.3. The first-order valence-electron chi connectivity index (χ1n) is 9.91. The van der Waals surface area contributed by atoms with Crippen molar-refractivity contribution in [3.05, 3.63) is 11.6 Å². The van der Waals surface area contributed by atoms with E-state index in [1.807, 2.05) is 6.08 Å². The van der Waals surface area contributed by atoms with Gasteiger partial charge < -0.3 is 10.2 Å². The van der Waals surface area contributed by atoms with Crippen molar-refractivity contribution in [3.63, 3.8) is 0 Å². The van der Waals surface area contributed by atoms with Crippen molar-refractivity contribution in [2.24, 2.45) is 28.6 Å². The third-order valence-corrected chi connectivity index (χ3v) is 8.49. The molecule has 0 bridgehead atoms. The maximum absolute atomic E-state index is 11.9. The summed E-state index contributed by atoms with van der Waals surface area (Å²) >= 11 is 0. The molecule has 25 heavy (non-hydrogen) atoms. The van der Waals surface area contributed by atoms with Gasteiger partial charge in [-0.2, -0.15) is 0 Å². The van der Waals surface area contributed by atoms with Gasteiger partial charge in [-0.3, -0.25) is 4.79 Å². The van der Waals surface area contributed by atoms with E-state index in [9.17, 15) is 9.90 Å². The molecular formula is C22H30O3. The van der Waals surface area contributed by atoms with Crippen LogP contribution in [0.2, 0.25) is 0 Å². The molecule has 4 aliphatic carbocycles. The number of carbonyl (C=O) groups is 1. The Morgan fingerprint density at radius 1 is 1.12 bits per heavy atom. The minimum Gasteiger partial charge on any atom is -0.384 e. The van der Waals surface area contributed by atoms with Crippen molar-refractivity contribution >= 4 is 5.78 Å². The van der Waals surface area contributed by atoms with Crippen LogP contribution in [-0.2, 0) is 4.79 Å². The fourth-order valence-corrected chi connectivity index (χ4v) is 6.97. The highest BCUT2D eigenvalue weighted by molar-refractivity contribution is 5.91. The van der Waals surface area contributed by atoms with E-state index in [1.165, 1.54) is 5.57 Å². The van der Waals surface area contributed by atoms with Crippen LogP contribution >= 0.6 is 0 Å². The van der Waals surface area contributed by atoms with Gasteiger partial charge in [0.1, 0.15) is 12.2 Å². The minimum absolute atomic E-state index is 0.168. The topological polar surface area (TPSA) is 57.5 Å². The molecule has 0 amide bonds. The maximum atomic E-state index is 11.9.